The van der Waals surface area contributed by atoms with Crippen LogP contribution in [0.3, 0.4) is 0 Å². The lowest BCUT2D eigenvalue weighted by Gasteiger charge is -2.10. The second kappa shape index (κ2) is 7.99. The number of para-hydroxylation sites is 2. The van der Waals surface area contributed by atoms with Crippen molar-refractivity contribution in [2.75, 3.05) is 32.7 Å². The number of benzene rings is 1. The summed E-state index contributed by atoms with van der Waals surface area (Å²) >= 11 is 0. The molecule has 0 aliphatic rings. The molecule has 0 bridgehead atoms. The van der Waals surface area contributed by atoms with Crippen LogP contribution >= 0.6 is 0 Å². The lowest BCUT2D eigenvalue weighted by atomic mass is 10.2. The summed E-state index contributed by atoms with van der Waals surface area (Å²) in [6.45, 7) is 0.948. The highest BCUT2D eigenvalue weighted by molar-refractivity contribution is 5.94. The SMILES string of the molecule is COCCNC(=O)c1ccc(Nc2ccccc2OC)nc1. The average Bonchev–Trinajstić information content (AvgIpc) is 2.56. The quantitative estimate of drug-likeness (QED) is 0.767. The van der Waals surface area contributed by atoms with E-state index in [1.165, 1.54) is 6.20 Å². The molecule has 2 aromatic rings. The number of nitrogens with one attached hydrogen (secondary N) is 2. The van der Waals surface area contributed by atoms with Gasteiger partial charge < -0.3 is 20.1 Å². The van der Waals surface area contributed by atoms with E-state index in [0.717, 1.165) is 11.4 Å². The maximum atomic E-state index is 11.8. The number of anilines is 2. The number of methoxy groups -OCH3 is 2. The van der Waals surface area contributed by atoms with Crippen molar-refractivity contribution in [3.05, 3.63) is 48.2 Å². The van der Waals surface area contributed by atoms with Gasteiger partial charge in [-0.2, -0.15) is 0 Å². The van der Waals surface area contributed by atoms with E-state index in [2.05, 4.69) is 15.6 Å². The maximum Gasteiger partial charge on any atom is 0.252 e. The van der Waals surface area contributed by atoms with Gasteiger partial charge in [-0.25, -0.2) is 4.98 Å². The van der Waals surface area contributed by atoms with Gasteiger partial charge in [-0.1, -0.05) is 12.1 Å². The lowest BCUT2D eigenvalue weighted by Crippen LogP contribution is -2.26. The first-order valence-electron chi connectivity index (χ1n) is 6.88. The minimum atomic E-state index is -0.173. The summed E-state index contributed by atoms with van der Waals surface area (Å²) in [7, 11) is 3.20. The van der Waals surface area contributed by atoms with Crippen molar-refractivity contribution < 1.29 is 14.3 Å². The Labute approximate surface area is 129 Å². The van der Waals surface area contributed by atoms with Gasteiger partial charge in [-0.3, -0.25) is 4.79 Å². The zero-order valence-corrected chi connectivity index (χ0v) is 12.6. The molecule has 0 fully saturated rings. The van der Waals surface area contributed by atoms with E-state index < -0.39 is 0 Å². The maximum absolute atomic E-state index is 11.8. The first kappa shape index (κ1) is 15.8. The summed E-state index contributed by atoms with van der Waals surface area (Å²) in [6.07, 6.45) is 1.53. The highest BCUT2D eigenvalue weighted by Gasteiger charge is 2.07. The first-order valence-corrected chi connectivity index (χ1v) is 6.88. The van der Waals surface area contributed by atoms with E-state index >= 15 is 0 Å². The molecule has 0 saturated carbocycles. The normalized spacial score (nSPS) is 10.1. The molecule has 0 saturated heterocycles. The van der Waals surface area contributed by atoms with Gasteiger partial charge in [0.2, 0.25) is 0 Å². The summed E-state index contributed by atoms with van der Waals surface area (Å²) in [5.41, 5.74) is 1.32. The predicted octanol–water partition coefficient (Wildman–Crippen LogP) is 2.21. The number of rotatable bonds is 7. The molecule has 0 spiro atoms. The number of ether oxygens (including phenoxy) is 2. The zero-order chi connectivity index (χ0) is 15.8. The lowest BCUT2D eigenvalue weighted by molar-refractivity contribution is 0.0937. The monoisotopic (exact) mass is 301 g/mol. The molecule has 22 heavy (non-hydrogen) atoms. The molecule has 2 rings (SSSR count). The fourth-order valence-electron chi connectivity index (χ4n) is 1.86. The molecular weight excluding hydrogens is 282 g/mol. The van der Waals surface area contributed by atoms with Gasteiger partial charge in [0.15, 0.2) is 0 Å². The van der Waals surface area contributed by atoms with Crippen LogP contribution in [0.15, 0.2) is 42.6 Å². The van der Waals surface area contributed by atoms with Gasteiger partial charge in [-0.15, -0.1) is 0 Å². The van der Waals surface area contributed by atoms with Crippen molar-refractivity contribution >= 4 is 17.4 Å². The van der Waals surface area contributed by atoms with E-state index in [1.54, 1.807) is 26.4 Å². The topological polar surface area (TPSA) is 72.5 Å². The molecule has 1 amide bonds. The summed E-state index contributed by atoms with van der Waals surface area (Å²) in [4.78, 5) is 16.1. The Morgan fingerprint density at radius 1 is 1.18 bits per heavy atom. The summed E-state index contributed by atoms with van der Waals surface area (Å²) in [5.74, 6) is 1.19. The van der Waals surface area contributed by atoms with Crippen LogP contribution in [0.4, 0.5) is 11.5 Å². The van der Waals surface area contributed by atoms with Crippen LogP contribution in [0, 0.1) is 0 Å². The van der Waals surface area contributed by atoms with Crippen LogP contribution in [0.25, 0.3) is 0 Å². The number of hydrogen-bond donors (Lipinski definition) is 2. The molecule has 1 heterocycles. The van der Waals surface area contributed by atoms with Crippen molar-refractivity contribution in [2.24, 2.45) is 0 Å². The summed E-state index contributed by atoms with van der Waals surface area (Å²) < 4.78 is 10.2. The third-order valence-corrected chi connectivity index (χ3v) is 2.99. The molecule has 116 valence electrons. The Bertz CT molecular complexity index is 614. The van der Waals surface area contributed by atoms with Crippen molar-refractivity contribution in [1.29, 1.82) is 0 Å². The van der Waals surface area contributed by atoms with Crippen molar-refractivity contribution in [2.45, 2.75) is 0 Å². The third-order valence-electron chi connectivity index (χ3n) is 2.99. The van der Waals surface area contributed by atoms with Crippen LogP contribution in [0.2, 0.25) is 0 Å². The van der Waals surface area contributed by atoms with E-state index in [1.807, 2.05) is 24.3 Å². The average molecular weight is 301 g/mol. The number of carbonyl (C=O) groups is 1. The van der Waals surface area contributed by atoms with E-state index in [9.17, 15) is 4.79 Å². The third kappa shape index (κ3) is 4.20. The minimum absolute atomic E-state index is 0.173. The molecule has 6 heteroatoms. The highest BCUT2D eigenvalue weighted by Crippen LogP contribution is 2.25. The van der Waals surface area contributed by atoms with Crippen molar-refractivity contribution in [1.82, 2.24) is 10.3 Å². The summed E-state index contributed by atoms with van der Waals surface area (Å²) in [5, 5.41) is 5.90. The van der Waals surface area contributed by atoms with E-state index in [0.29, 0.717) is 24.5 Å². The fourth-order valence-corrected chi connectivity index (χ4v) is 1.86. The smallest absolute Gasteiger partial charge is 0.252 e. The minimum Gasteiger partial charge on any atom is -0.495 e. The number of aromatic nitrogens is 1. The van der Waals surface area contributed by atoms with Crippen LogP contribution in [0.5, 0.6) is 5.75 Å². The van der Waals surface area contributed by atoms with Gasteiger partial charge in [0, 0.05) is 19.9 Å². The second-order valence-electron chi connectivity index (χ2n) is 4.51. The fraction of sp³-hybridized carbons (Fsp3) is 0.250. The number of pyridine rings is 1. The van der Waals surface area contributed by atoms with Crippen LogP contribution in [0.1, 0.15) is 10.4 Å². The summed E-state index contributed by atoms with van der Waals surface area (Å²) in [6, 6.07) is 11.0. The van der Waals surface area contributed by atoms with E-state index in [-0.39, 0.29) is 5.91 Å². The second-order valence-corrected chi connectivity index (χ2v) is 4.51. The van der Waals surface area contributed by atoms with Gasteiger partial charge in [0.25, 0.3) is 5.91 Å². The first-order chi connectivity index (χ1) is 10.7. The molecule has 0 aliphatic heterocycles. The van der Waals surface area contributed by atoms with Gasteiger partial charge in [0.05, 0.1) is 25.0 Å². The Hall–Kier alpha value is -2.60. The van der Waals surface area contributed by atoms with Gasteiger partial charge in [0.1, 0.15) is 11.6 Å². The molecule has 6 nitrogen and oxygen atoms in total. The largest absolute Gasteiger partial charge is 0.495 e. The molecule has 1 aromatic carbocycles. The Balaban J connectivity index is 2.01. The van der Waals surface area contributed by atoms with Crippen molar-refractivity contribution in [3.63, 3.8) is 0 Å². The standard InChI is InChI=1S/C16H19N3O3/c1-21-10-9-17-16(20)12-7-8-15(18-11-12)19-13-5-3-4-6-14(13)22-2/h3-8,11H,9-10H2,1-2H3,(H,17,20)(H,18,19). The molecule has 0 unspecified atom stereocenters. The van der Waals surface area contributed by atoms with Gasteiger partial charge >= 0.3 is 0 Å². The Kier molecular flexibility index (Phi) is 5.73. The number of hydrogen-bond acceptors (Lipinski definition) is 5. The van der Waals surface area contributed by atoms with Crippen LogP contribution in [-0.2, 0) is 4.74 Å². The Morgan fingerprint density at radius 3 is 2.68 bits per heavy atom. The van der Waals surface area contributed by atoms with Crippen LogP contribution in [-0.4, -0.2) is 38.3 Å². The number of carbonyl (C=O) groups excluding carboxylic acids is 1. The molecule has 0 radical (unpaired) electrons. The zero-order valence-electron chi connectivity index (χ0n) is 12.6. The molecule has 1 aromatic heterocycles. The molecular formula is C16H19N3O3. The molecule has 2 N–H and O–H groups in total. The van der Waals surface area contributed by atoms with Gasteiger partial charge in [-0.05, 0) is 24.3 Å². The number of amides is 1. The highest BCUT2D eigenvalue weighted by atomic mass is 16.5. The predicted molar refractivity (Wildman–Crippen MR) is 84.7 cm³/mol. The van der Waals surface area contributed by atoms with Crippen molar-refractivity contribution in [3.8, 4) is 5.75 Å². The number of nitrogens with zero attached hydrogens (tertiary/aromatic N) is 1. The van der Waals surface area contributed by atoms with Crippen LogP contribution < -0.4 is 15.4 Å². The van der Waals surface area contributed by atoms with E-state index in [4.69, 9.17) is 9.47 Å². The Morgan fingerprint density at radius 2 is 2.00 bits per heavy atom. The molecule has 0 aliphatic carbocycles. The molecule has 0 atom stereocenters.